The van der Waals surface area contributed by atoms with Crippen LogP contribution < -0.4 is 5.32 Å². The largest absolute Gasteiger partial charge is 0.462 e. The third kappa shape index (κ3) is 3.76. The standard InChI is InChI=1S/C17H26N2O4/c1-13(21)18-16-4-2-3-7-17(16)12-19(8-9-22-17)10-14-5-6-15(11-20)23-14/h5-6,16,20H,2-4,7-12H2,1H3,(H,18,21)/t16-,17-/m1/s1. The minimum absolute atomic E-state index is 0.00983. The monoisotopic (exact) mass is 322 g/mol. The van der Waals surface area contributed by atoms with E-state index in [1.165, 1.54) is 0 Å². The number of rotatable bonds is 4. The van der Waals surface area contributed by atoms with Gasteiger partial charge in [-0.15, -0.1) is 0 Å². The maximum absolute atomic E-state index is 11.5. The Labute approximate surface area is 136 Å². The first kappa shape index (κ1) is 16.5. The van der Waals surface area contributed by atoms with E-state index >= 15 is 0 Å². The number of hydrogen-bond acceptors (Lipinski definition) is 5. The van der Waals surface area contributed by atoms with Crippen molar-refractivity contribution in [2.45, 2.75) is 57.4 Å². The smallest absolute Gasteiger partial charge is 0.217 e. The predicted octanol–water partition coefficient (Wildman–Crippen LogP) is 1.42. The molecular formula is C17H26N2O4. The molecule has 128 valence electrons. The van der Waals surface area contributed by atoms with Gasteiger partial charge in [0.05, 0.1) is 19.2 Å². The van der Waals surface area contributed by atoms with E-state index in [1.54, 1.807) is 6.92 Å². The molecule has 2 heterocycles. The van der Waals surface area contributed by atoms with E-state index in [-0.39, 0.29) is 24.2 Å². The number of amides is 1. The summed E-state index contributed by atoms with van der Waals surface area (Å²) in [5.74, 6) is 1.46. The van der Waals surface area contributed by atoms with Gasteiger partial charge in [0.25, 0.3) is 0 Å². The number of carbonyl (C=O) groups excluding carboxylic acids is 1. The number of carbonyl (C=O) groups is 1. The van der Waals surface area contributed by atoms with Gasteiger partial charge in [0.15, 0.2) is 0 Å². The summed E-state index contributed by atoms with van der Waals surface area (Å²) in [6.07, 6.45) is 4.23. The molecule has 1 aliphatic heterocycles. The lowest BCUT2D eigenvalue weighted by atomic mass is 9.78. The molecule has 1 aromatic rings. The van der Waals surface area contributed by atoms with Gasteiger partial charge in [0.1, 0.15) is 23.7 Å². The highest BCUT2D eigenvalue weighted by Crippen LogP contribution is 2.35. The maximum Gasteiger partial charge on any atom is 0.217 e. The van der Waals surface area contributed by atoms with Crippen molar-refractivity contribution in [2.75, 3.05) is 19.7 Å². The van der Waals surface area contributed by atoms with Gasteiger partial charge in [0.2, 0.25) is 5.91 Å². The molecule has 0 unspecified atom stereocenters. The van der Waals surface area contributed by atoms with Crippen LogP contribution in [0.25, 0.3) is 0 Å². The Balaban J connectivity index is 1.69. The summed E-state index contributed by atoms with van der Waals surface area (Å²) >= 11 is 0. The Morgan fingerprint density at radius 1 is 1.43 bits per heavy atom. The second-order valence-electron chi connectivity index (χ2n) is 6.65. The highest BCUT2D eigenvalue weighted by molar-refractivity contribution is 5.73. The van der Waals surface area contributed by atoms with E-state index in [2.05, 4.69) is 10.2 Å². The Kier molecular flexibility index (Phi) is 5.04. The van der Waals surface area contributed by atoms with Crippen LogP contribution in [0.3, 0.4) is 0 Å². The third-order valence-corrected chi connectivity index (χ3v) is 4.90. The van der Waals surface area contributed by atoms with Crippen molar-refractivity contribution in [3.8, 4) is 0 Å². The lowest BCUT2D eigenvalue weighted by Gasteiger charge is -2.49. The molecule has 2 fully saturated rings. The van der Waals surface area contributed by atoms with Crippen LogP contribution in [-0.2, 0) is 22.7 Å². The van der Waals surface area contributed by atoms with Gasteiger partial charge >= 0.3 is 0 Å². The van der Waals surface area contributed by atoms with Crippen molar-refractivity contribution in [2.24, 2.45) is 0 Å². The summed E-state index contributed by atoms with van der Waals surface area (Å²) < 4.78 is 11.8. The third-order valence-electron chi connectivity index (χ3n) is 4.90. The first-order chi connectivity index (χ1) is 11.1. The summed E-state index contributed by atoms with van der Waals surface area (Å²) in [7, 11) is 0. The number of nitrogens with zero attached hydrogens (tertiary/aromatic N) is 1. The summed E-state index contributed by atoms with van der Waals surface area (Å²) in [6, 6.07) is 3.81. The molecule has 23 heavy (non-hydrogen) atoms. The van der Waals surface area contributed by atoms with Crippen molar-refractivity contribution in [3.05, 3.63) is 23.7 Å². The average molecular weight is 322 g/mol. The van der Waals surface area contributed by atoms with E-state index in [4.69, 9.17) is 14.3 Å². The van der Waals surface area contributed by atoms with Crippen LogP contribution in [0, 0.1) is 0 Å². The minimum Gasteiger partial charge on any atom is -0.462 e. The van der Waals surface area contributed by atoms with Crippen molar-refractivity contribution < 1.29 is 19.1 Å². The van der Waals surface area contributed by atoms with Gasteiger partial charge in [-0.3, -0.25) is 9.69 Å². The lowest BCUT2D eigenvalue weighted by molar-refractivity contribution is -0.151. The van der Waals surface area contributed by atoms with Crippen LogP contribution in [0.5, 0.6) is 0 Å². The summed E-state index contributed by atoms with van der Waals surface area (Å²) in [6.45, 7) is 4.53. The van der Waals surface area contributed by atoms with Gasteiger partial charge < -0.3 is 19.6 Å². The number of ether oxygens (including phenoxy) is 1. The topological polar surface area (TPSA) is 74.9 Å². The molecule has 0 aromatic carbocycles. The maximum atomic E-state index is 11.5. The van der Waals surface area contributed by atoms with Gasteiger partial charge in [-0.2, -0.15) is 0 Å². The number of furan rings is 1. The number of aliphatic hydroxyl groups is 1. The van der Waals surface area contributed by atoms with Gasteiger partial charge in [0, 0.05) is 20.0 Å². The lowest BCUT2D eigenvalue weighted by Crippen LogP contribution is -2.63. The molecule has 2 aliphatic rings. The summed E-state index contributed by atoms with van der Waals surface area (Å²) in [5.41, 5.74) is -0.283. The molecule has 6 heteroatoms. The Bertz CT molecular complexity index is 540. The molecule has 1 saturated heterocycles. The fourth-order valence-corrected chi connectivity index (χ4v) is 3.85. The van der Waals surface area contributed by atoms with Crippen molar-refractivity contribution >= 4 is 5.91 Å². The van der Waals surface area contributed by atoms with Crippen molar-refractivity contribution in [1.29, 1.82) is 0 Å². The average Bonchev–Trinajstić information content (AvgIpc) is 2.97. The van der Waals surface area contributed by atoms with Crippen LogP contribution >= 0.6 is 0 Å². The predicted molar refractivity (Wildman–Crippen MR) is 84.7 cm³/mol. The minimum atomic E-state index is -0.283. The molecule has 0 radical (unpaired) electrons. The second kappa shape index (κ2) is 7.03. The molecule has 2 atom stereocenters. The van der Waals surface area contributed by atoms with E-state index < -0.39 is 0 Å². The molecule has 0 bridgehead atoms. The normalized spacial score (nSPS) is 28.9. The van der Waals surface area contributed by atoms with E-state index in [0.717, 1.165) is 44.5 Å². The van der Waals surface area contributed by atoms with Crippen molar-refractivity contribution in [1.82, 2.24) is 10.2 Å². The molecule has 1 amide bonds. The molecule has 1 saturated carbocycles. The number of morpholine rings is 1. The Morgan fingerprint density at radius 2 is 2.26 bits per heavy atom. The molecular weight excluding hydrogens is 296 g/mol. The quantitative estimate of drug-likeness (QED) is 0.877. The SMILES string of the molecule is CC(=O)N[C@@H]1CCCC[C@@]12CN(Cc1ccc(CO)o1)CCO2. The van der Waals surface area contributed by atoms with Crippen molar-refractivity contribution in [3.63, 3.8) is 0 Å². The second-order valence-corrected chi connectivity index (χ2v) is 6.65. The first-order valence-electron chi connectivity index (χ1n) is 8.43. The highest BCUT2D eigenvalue weighted by Gasteiger charge is 2.45. The molecule has 6 nitrogen and oxygen atoms in total. The summed E-state index contributed by atoms with van der Waals surface area (Å²) in [5, 5.41) is 12.2. The molecule has 1 aromatic heterocycles. The van der Waals surface area contributed by atoms with Gasteiger partial charge in [-0.05, 0) is 25.0 Å². The Morgan fingerprint density at radius 3 is 3.00 bits per heavy atom. The van der Waals surface area contributed by atoms with Crippen LogP contribution in [0.4, 0.5) is 0 Å². The van der Waals surface area contributed by atoms with Crippen LogP contribution in [0.1, 0.15) is 44.1 Å². The molecule has 1 spiro atoms. The van der Waals surface area contributed by atoms with Crippen LogP contribution in [0.15, 0.2) is 16.5 Å². The number of aliphatic hydroxyl groups excluding tert-OH is 1. The first-order valence-corrected chi connectivity index (χ1v) is 8.43. The van der Waals surface area contributed by atoms with E-state index in [1.807, 2.05) is 12.1 Å². The zero-order valence-electron chi connectivity index (χ0n) is 13.7. The van der Waals surface area contributed by atoms with E-state index in [0.29, 0.717) is 18.9 Å². The van der Waals surface area contributed by atoms with Gasteiger partial charge in [-0.1, -0.05) is 12.8 Å². The fraction of sp³-hybridized carbons (Fsp3) is 0.706. The zero-order valence-corrected chi connectivity index (χ0v) is 13.7. The highest BCUT2D eigenvalue weighted by atomic mass is 16.5. The summed E-state index contributed by atoms with van der Waals surface area (Å²) in [4.78, 5) is 13.9. The van der Waals surface area contributed by atoms with E-state index in [9.17, 15) is 4.79 Å². The number of nitrogens with one attached hydrogen (secondary N) is 1. The molecule has 2 N–H and O–H groups in total. The number of hydrogen-bond donors (Lipinski definition) is 2. The fourth-order valence-electron chi connectivity index (χ4n) is 3.85. The van der Waals surface area contributed by atoms with Gasteiger partial charge in [-0.25, -0.2) is 0 Å². The van der Waals surface area contributed by atoms with Crippen LogP contribution in [-0.4, -0.2) is 47.3 Å². The molecule has 1 aliphatic carbocycles. The Hall–Kier alpha value is -1.37. The zero-order chi connectivity index (χ0) is 16.3. The molecule has 3 rings (SSSR count). The van der Waals surface area contributed by atoms with Crippen LogP contribution in [0.2, 0.25) is 0 Å².